The van der Waals surface area contributed by atoms with E-state index in [0.717, 1.165) is 44.9 Å². The molecule has 2 aromatic rings. The summed E-state index contributed by atoms with van der Waals surface area (Å²) in [6.45, 7) is 0. The van der Waals surface area contributed by atoms with Gasteiger partial charge in [0.2, 0.25) is 5.91 Å². The normalized spacial score (nSPS) is 27.8. The van der Waals surface area contributed by atoms with Crippen LogP contribution in [0.5, 0.6) is 0 Å². The van der Waals surface area contributed by atoms with Gasteiger partial charge in [0.05, 0.1) is 0 Å². The number of hydrogen-bond donors (Lipinski definition) is 1. The molecule has 0 radical (unpaired) electrons. The first-order chi connectivity index (χ1) is 14.7. The first-order valence-electron chi connectivity index (χ1n) is 11.5. The molecular weight excluding hydrogens is 372 g/mol. The van der Waals surface area contributed by atoms with Gasteiger partial charge in [-0.2, -0.15) is 0 Å². The Bertz CT molecular complexity index is 926. The Morgan fingerprint density at radius 1 is 0.867 bits per heavy atom. The maximum atomic E-state index is 13.4. The highest BCUT2D eigenvalue weighted by Gasteiger charge is 2.47. The van der Waals surface area contributed by atoms with Crippen LogP contribution in [0.15, 0.2) is 54.6 Å². The molecule has 4 atom stereocenters. The number of carbonyl (C=O) groups is 2. The van der Waals surface area contributed by atoms with Gasteiger partial charge in [-0.05, 0) is 67.7 Å². The molecule has 4 heteroatoms. The van der Waals surface area contributed by atoms with Crippen molar-refractivity contribution in [3.05, 3.63) is 71.3 Å². The predicted molar refractivity (Wildman–Crippen MR) is 117 cm³/mol. The van der Waals surface area contributed by atoms with Crippen LogP contribution < -0.4 is 5.32 Å². The lowest BCUT2D eigenvalue weighted by atomic mass is 9.84. The van der Waals surface area contributed by atoms with E-state index >= 15 is 0 Å². The summed E-state index contributed by atoms with van der Waals surface area (Å²) in [6, 6.07) is 18.0. The Hall–Kier alpha value is -2.62. The standard InChI is InChI=1S/C26H30N2O2/c29-25(27-22-15-14-18-8-4-5-11-20(18)16-22)24-17-21-12-6-7-13-23(21)28(24)26(30)19-9-2-1-3-10-19/h1-5,8-11,21-24H,6-7,12-17H2,(H,27,29). The van der Waals surface area contributed by atoms with Crippen molar-refractivity contribution in [2.45, 2.75) is 69.5 Å². The fraction of sp³-hybridized carbons (Fsp3) is 0.462. The zero-order valence-corrected chi connectivity index (χ0v) is 17.4. The average molecular weight is 403 g/mol. The van der Waals surface area contributed by atoms with Crippen molar-refractivity contribution in [3.8, 4) is 0 Å². The van der Waals surface area contributed by atoms with Crippen molar-refractivity contribution in [1.82, 2.24) is 10.2 Å². The van der Waals surface area contributed by atoms with Crippen molar-refractivity contribution in [1.29, 1.82) is 0 Å². The van der Waals surface area contributed by atoms with Crippen LogP contribution in [0.25, 0.3) is 0 Å². The van der Waals surface area contributed by atoms with E-state index in [2.05, 4.69) is 29.6 Å². The summed E-state index contributed by atoms with van der Waals surface area (Å²) in [7, 11) is 0. The second-order valence-corrected chi connectivity index (χ2v) is 9.16. The lowest BCUT2D eigenvalue weighted by Crippen LogP contribution is -2.52. The lowest BCUT2D eigenvalue weighted by Gasteiger charge is -2.34. The first-order valence-corrected chi connectivity index (χ1v) is 11.5. The van der Waals surface area contributed by atoms with Crippen molar-refractivity contribution in [3.63, 3.8) is 0 Å². The fourth-order valence-electron chi connectivity index (χ4n) is 5.83. The first kappa shape index (κ1) is 19.3. The molecule has 1 aliphatic heterocycles. The van der Waals surface area contributed by atoms with Crippen LogP contribution in [0.1, 0.15) is 60.0 Å². The molecule has 4 unspecified atom stereocenters. The van der Waals surface area contributed by atoms with E-state index in [4.69, 9.17) is 0 Å². The number of benzene rings is 2. The number of amides is 2. The summed E-state index contributed by atoms with van der Waals surface area (Å²) < 4.78 is 0. The van der Waals surface area contributed by atoms with E-state index in [9.17, 15) is 9.59 Å². The Morgan fingerprint density at radius 3 is 2.43 bits per heavy atom. The third-order valence-corrected chi connectivity index (χ3v) is 7.34. The Morgan fingerprint density at radius 2 is 1.60 bits per heavy atom. The highest BCUT2D eigenvalue weighted by atomic mass is 16.2. The largest absolute Gasteiger partial charge is 0.351 e. The van der Waals surface area contributed by atoms with Crippen LogP contribution in [0, 0.1) is 5.92 Å². The minimum Gasteiger partial charge on any atom is -0.351 e. The monoisotopic (exact) mass is 402 g/mol. The third kappa shape index (κ3) is 3.64. The van der Waals surface area contributed by atoms with E-state index in [-0.39, 0.29) is 29.9 Å². The molecule has 1 saturated carbocycles. The van der Waals surface area contributed by atoms with Crippen LogP contribution in [0.2, 0.25) is 0 Å². The number of nitrogens with zero attached hydrogens (tertiary/aromatic N) is 1. The summed E-state index contributed by atoms with van der Waals surface area (Å²) in [5, 5.41) is 3.31. The van der Waals surface area contributed by atoms with E-state index < -0.39 is 0 Å². The number of fused-ring (bicyclic) bond motifs is 2. The van der Waals surface area contributed by atoms with Gasteiger partial charge in [0.15, 0.2) is 0 Å². The molecule has 2 amide bonds. The number of rotatable bonds is 3. The van der Waals surface area contributed by atoms with Crippen molar-refractivity contribution < 1.29 is 9.59 Å². The van der Waals surface area contributed by atoms with Crippen LogP contribution in [0.4, 0.5) is 0 Å². The predicted octanol–water partition coefficient (Wildman–Crippen LogP) is 4.13. The molecule has 4 nitrogen and oxygen atoms in total. The summed E-state index contributed by atoms with van der Waals surface area (Å²) >= 11 is 0. The smallest absolute Gasteiger partial charge is 0.254 e. The second-order valence-electron chi connectivity index (χ2n) is 9.16. The quantitative estimate of drug-likeness (QED) is 0.839. The van der Waals surface area contributed by atoms with Crippen LogP contribution in [0.3, 0.4) is 0 Å². The van der Waals surface area contributed by atoms with E-state index in [1.165, 1.54) is 17.5 Å². The third-order valence-electron chi connectivity index (χ3n) is 7.34. The van der Waals surface area contributed by atoms with E-state index in [0.29, 0.717) is 11.5 Å². The minimum atomic E-state index is -0.344. The number of likely N-dealkylation sites (tertiary alicyclic amines) is 1. The molecule has 1 saturated heterocycles. The van der Waals surface area contributed by atoms with Crippen molar-refractivity contribution >= 4 is 11.8 Å². The molecule has 1 N–H and O–H groups in total. The maximum absolute atomic E-state index is 13.4. The average Bonchev–Trinajstić information content (AvgIpc) is 3.19. The molecule has 0 spiro atoms. The topological polar surface area (TPSA) is 49.4 Å². The number of aryl methyl sites for hydroxylation is 1. The summed E-state index contributed by atoms with van der Waals surface area (Å²) in [5.74, 6) is 0.506. The molecule has 1 heterocycles. The van der Waals surface area contributed by atoms with Gasteiger partial charge in [-0.1, -0.05) is 55.3 Å². The highest BCUT2D eigenvalue weighted by Crippen LogP contribution is 2.40. The maximum Gasteiger partial charge on any atom is 0.254 e. The molecule has 156 valence electrons. The van der Waals surface area contributed by atoms with Gasteiger partial charge in [-0.25, -0.2) is 0 Å². The molecule has 0 aromatic heterocycles. The van der Waals surface area contributed by atoms with Gasteiger partial charge in [0, 0.05) is 17.6 Å². The van der Waals surface area contributed by atoms with Crippen LogP contribution in [-0.4, -0.2) is 34.8 Å². The zero-order valence-electron chi connectivity index (χ0n) is 17.4. The summed E-state index contributed by atoms with van der Waals surface area (Å²) in [4.78, 5) is 28.8. The molecule has 2 aliphatic carbocycles. The molecule has 30 heavy (non-hydrogen) atoms. The fourth-order valence-corrected chi connectivity index (χ4v) is 5.83. The number of carbonyl (C=O) groups excluding carboxylic acids is 2. The van der Waals surface area contributed by atoms with Crippen molar-refractivity contribution in [2.75, 3.05) is 0 Å². The zero-order chi connectivity index (χ0) is 20.5. The molecule has 2 fully saturated rings. The van der Waals surface area contributed by atoms with E-state index in [1.807, 2.05) is 35.2 Å². The lowest BCUT2D eigenvalue weighted by molar-refractivity contribution is -0.126. The molecule has 0 bridgehead atoms. The van der Waals surface area contributed by atoms with Gasteiger partial charge >= 0.3 is 0 Å². The number of hydrogen-bond acceptors (Lipinski definition) is 2. The van der Waals surface area contributed by atoms with Crippen molar-refractivity contribution in [2.24, 2.45) is 5.92 Å². The molecule has 5 rings (SSSR count). The Kier molecular flexibility index (Phi) is 5.32. The van der Waals surface area contributed by atoms with Gasteiger partial charge in [-0.3, -0.25) is 9.59 Å². The Labute approximate surface area is 178 Å². The molecular formula is C26H30N2O2. The van der Waals surface area contributed by atoms with Crippen LogP contribution >= 0.6 is 0 Å². The van der Waals surface area contributed by atoms with Crippen LogP contribution in [-0.2, 0) is 17.6 Å². The van der Waals surface area contributed by atoms with E-state index in [1.54, 1.807) is 0 Å². The summed E-state index contributed by atoms with van der Waals surface area (Å²) in [5.41, 5.74) is 3.43. The highest BCUT2D eigenvalue weighted by molar-refractivity contribution is 5.98. The minimum absolute atomic E-state index is 0.0131. The van der Waals surface area contributed by atoms with Gasteiger partial charge in [0.1, 0.15) is 6.04 Å². The summed E-state index contributed by atoms with van der Waals surface area (Å²) in [6.07, 6.45) is 8.16. The second kappa shape index (κ2) is 8.25. The molecule has 3 aliphatic rings. The SMILES string of the molecule is O=C(NC1CCc2ccccc2C1)C1CC2CCCCC2N1C(=O)c1ccccc1. The van der Waals surface area contributed by atoms with Gasteiger partial charge in [0.25, 0.3) is 5.91 Å². The Balaban J connectivity index is 1.35. The molecule has 2 aromatic carbocycles. The van der Waals surface area contributed by atoms with Gasteiger partial charge in [-0.15, -0.1) is 0 Å². The number of nitrogens with one attached hydrogen (secondary N) is 1. The van der Waals surface area contributed by atoms with Gasteiger partial charge < -0.3 is 10.2 Å².